The maximum absolute atomic E-state index is 9.12. The highest BCUT2D eigenvalue weighted by atomic mass is 16.3. The van der Waals surface area contributed by atoms with Crippen LogP contribution in [0.15, 0.2) is 0 Å². The van der Waals surface area contributed by atoms with E-state index in [0.29, 0.717) is 6.04 Å². The molecule has 3 saturated carbocycles. The summed E-state index contributed by atoms with van der Waals surface area (Å²) in [7, 11) is 0. The largest absolute Gasteiger partial charge is 0.395 e. The van der Waals surface area contributed by atoms with Crippen LogP contribution in [0.25, 0.3) is 0 Å². The zero-order chi connectivity index (χ0) is 11.1. The van der Waals surface area contributed by atoms with Crippen LogP contribution in [0.3, 0.4) is 0 Å². The third kappa shape index (κ3) is 1.60. The third-order valence-corrected chi connectivity index (χ3v) is 5.32. The Morgan fingerprint density at radius 3 is 2.50 bits per heavy atom. The molecule has 0 heterocycles. The summed E-state index contributed by atoms with van der Waals surface area (Å²) in [5.74, 6) is 3.74. The lowest BCUT2D eigenvalue weighted by molar-refractivity contribution is 0.133. The van der Waals surface area contributed by atoms with Gasteiger partial charge in [-0.1, -0.05) is 6.42 Å². The molecule has 3 aliphatic carbocycles. The minimum atomic E-state index is -0.107. The molecule has 0 aromatic rings. The van der Waals surface area contributed by atoms with E-state index in [4.69, 9.17) is 10.2 Å². The summed E-state index contributed by atoms with van der Waals surface area (Å²) < 4.78 is 0. The fourth-order valence-electron chi connectivity index (χ4n) is 4.73. The highest BCUT2D eigenvalue weighted by Gasteiger charge is 2.53. The van der Waals surface area contributed by atoms with Crippen molar-refractivity contribution in [1.82, 2.24) is 5.32 Å². The van der Waals surface area contributed by atoms with E-state index >= 15 is 0 Å². The number of hydrogen-bond acceptors (Lipinski definition) is 3. The van der Waals surface area contributed by atoms with Crippen LogP contribution in [0, 0.1) is 23.7 Å². The Bertz CT molecular complexity index is 254. The molecule has 0 radical (unpaired) electrons. The SMILES string of the molecule is OCC(CO)NC1CC2CC1C1CCCC21. The molecule has 3 aliphatic rings. The smallest absolute Gasteiger partial charge is 0.0607 e. The fraction of sp³-hybridized carbons (Fsp3) is 1.00. The van der Waals surface area contributed by atoms with E-state index in [-0.39, 0.29) is 19.3 Å². The number of fused-ring (bicyclic) bond motifs is 5. The van der Waals surface area contributed by atoms with Gasteiger partial charge < -0.3 is 15.5 Å². The second-order valence-corrected chi connectivity index (χ2v) is 5.99. The van der Waals surface area contributed by atoms with E-state index in [1.807, 2.05) is 0 Å². The Hall–Kier alpha value is -0.120. The van der Waals surface area contributed by atoms with Crippen LogP contribution in [-0.2, 0) is 0 Å². The predicted octanol–water partition coefficient (Wildman–Crippen LogP) is 0.754. The Morgan fingerprint density at radius 2 is 1.75 bits per heavy atom. The summed E-state index contributed by atoms with van der Waals surface area (Å²) in [4.78, 5) is 0. The number of aliphatic hydroxyl groups excluding tert-OH is 2. The number of rotatable bonds is 4. The van der Waals surface area contributed by atoms with Crippen LogP contribution in [0.1, 0.15) is 32.1 Å². The molecule has 5 atom stereocenters. The van der Waals surface area contributed by atoms with Crippen molar-refractivity contribution < 1.29 is 10.2 Å². The van der Waals surface area contributed by atoms with Gasteiger partial charge in [-0.05, 0) is 49.4 Å². The second-order valence-electron chi connectivity index (χ2n) is 5.99. The average molecular weight is 225 g/mol. The van der Waals surface area contributed by atoms with Gasteiger partial charge in [0.25, 0.3) is 0 Å². The summed E-state index contributed by atoms with van der Waals surface area (Å²) >= 11 is 0. The van der Waals surface area contributed by atoms with Crippen LogP contribution in [0.4, 0.5) is 0 Å². The van der Waals surface area contributed by atoms with Crippen LogP contribution in [-0.4, -0.2) is 35.5 Å². The van der Waals surface area contributed by atoms with Crippen molar-refractivity contribution in [3.05, 3.63) is 0 Å². The van der Waals surface area contributed by atoms with Gasteiger partial charge in [0.2, 0.25) is 0 Å². The van der Waals surface area contributed by atoms with E-state index in [9.17, 15) is 0 Å². The molecule has 92 valence electrons. The van der Waals surface area contributed by atoms with Crippen molar-refractivity contribution in [2.24, 2.45) is 23.7 Å². The first kappa shape index (κ1) is 11.0. The molecule has 3 rings (SSSR count). The van der Waals surface area contributed by atoms with Crippen LogP contribution >= 0.6 is 0 Å². The first-order valence-electron chi connectivity index (χ1n) is 6.81. The summed E-state index contributed by atoms with van der Waals surface area (Å²) in [6.07, 6.45) is 6.99. The summed E-state index contributed by atoms with van der Waals surface area (Å²) in [5.41, 5.74) is 0. The van der Waals surface area contributed by atoms with Gasteiger partial charge in [0.15, 0.2) is 0 Å². The molecule has 3 fully saturated rings. The van der Waals surface area contributed by atoms with E-state index < -0.39 is 0 Å². The van der Waals surface area contributed by atoms with Crippen LogP contribution < -0.4 is 5.32 Å². The number of nitrogens with one attached hydrogen (secondary N) is 1. The normalized spacial score (nSPS) is 45.6. The van der Waals surface area contributed by atoms with E-state index in [2.05, 4.69) is 5.32 Å². The summed E-state index contributed by atoms with van der Waals surface area (Å²) in [6.45, 7) is 0.108. The maximum atomic E-state index is 9.12. The van der Waals surface area contributed by atoms with Crippen molar-refractivity contribution in [2.75, 3.05) is 13.2 Å². The lowest BCUT2D eigenvalue weighted by Crippen LogP contribution is -2.47. The fourth-order valence-corrected chi connectivity index (χ4v) is 4.73. The minimum absolute atomic E-state index is 0.0540. The van der Waals surface area contributed by atoms with Gasteiger partial charge >= 0.3 is 0 Å². The van der Waals surface area contributed by atoms with Gasteiger partial charge in [-0.3, -0.25) is 0 Å². The Kier molecular flexibility index (Phi) is 2.94. The summed E-state index contributed by atoms with van der Waals surface area (Å²) in [6, 6.07) is 0.456. The van der Waals surface area contributed by atoms with Crippen LogP contribution in [0.2, 0.25) is 0 Å². The lowest BCUT2D eigenvalue weighted by Gasteiger charge is -2.34. The van der Waals surface area contributed by atoms with Crippen molar-refractivity contribution in [3.63, 3.8) is 0 Å². The first-order valence-corrected chi connectivity index (χ1v) is 6.81. The third-order valence-electron chi connectivity index (χ3n) is 5.32. The molecule has 0 aromatic heterocycles. The number of hydrogen-bond donors (Lipinski definition) is 3. The molecule has 0 saturated heterocycles. The second kappa shape index (κ2) is 4.28. The number of aliphatic hydroxyl groups is 2. The monoisotopic (exact) mass is 225 g/mol. The van der Waals surface area contributed by atoms with Gasteiger partial charge in [-0.2, -0.15) is 0 Å². The molecule has 0 spiro atoms. The highest BCUT2D eigenvalue weighted by molar-refractivity contribution is 5.05. The topological polar surface area (TPSA) is 52.5 Å². The standard InChI is InChI=1S/C13H23NO2/c15-6-9(7-16)14-13-5-8-4-12(13)11-3-1-2-10(8)11/h8-16H,1-7H2. The predicted molar refractivity (Wildman–Crippen MR) is 61.9 cm³/mol. The molecular weight excluding hydrogens is 202 g/mol. The minimum Gasteiger partial charge on any atom is -0.395 e. The molecule has 3 nitrogen and oxygen atoms in total. The average Bonchev–Trinajstić information content (AvgIpc) is 2.96. The molecule has 0 amide bonds. The van der Waals surface area contributed by atoms with Crippen molar-refractivity contribution in [1.29, 1.82) is 0 Å². The molecule has 3 N–H and O–H groups in total. The van der Waals surface area contributed by atoms with Gasteiger partial charge in [-0.15, -0.1) is 0 Å². The van der Waals surface area contributed by atoms with E-state index in [1.165, 1.54) is 32.1 Å². The molecule has 0 aliphatic heterocycles. The van der Waals surface area contributed by atoms with E-state index in [1.54, 1.807) is 0 Å². The molecule has 3 heteroatoms. The lowest BCUT2D eigenvalue weighted by atomic mass is 9.79. The van der Waals surface area contributed by atoms with Gasteiger partial charge in [0.05, 0.1) is 19.3 Å². The molecule has 2 bridgehead atoms. The van der Waals surface area contributed by atoms with Gasteiger partial charge in [-0.25, -0.2) is 0 Å². The van der Waals surface area contributed by atoms with E-state index in [0.717, 1.165) is 23.7 Å². The van der Waals surface area contributed by atoms with Gasteiger partial charge in [0.1, 0.15) is 0 Å². The van der Waals surface area contributed by atoms with Crippen molar-refractivity contribution in [3.8, 4) is 0 Å². The Balaban J connectivity index is 1.63. The van der Waals surface area contributed by atoms with Crippen molar-refractivity contribution >= 4 is 0 Å². The van der Waals surface area contributed by atoms with Gasteiger partial charge in [0, 0.05) is 6.04 Å². The summed E-state index contributed by atoms with van der Waals surface area (Å²) in [5, 5.41) is 21.7. The van der Waals surface area contributed by atoms with Crippen molar-refractivity contribution in [2.45, 2.75) is 44.2 Å². The molecule has 5 unspecified atom stereocenters. The Labute approximate surface area is 97.2 Å². The first-order chi connectivity index (χ1) is 7.83. The zero-order valence-corrected chi connectivity index (χ0v) is 9.81. The molecular formula is C13H23NO2. The quantitative estimate of drug-likeness (QED) is 0.662. The molecule has 0 aromatic carbocycles. The zero-order valence-electron chi connectivity index (χ0n) is 9.81. The maximum Gasteiger partial charge on any atom is 0.0607 e. The Morgan fingerprint density at radius 1 is 1.00 bits per heavy atom. The highest BCUT2D eigenvalue weighted by Crippen LogP contribution is 2.58. The van der Waals surface area contributed by atoms with Crippen LogP contribution in [0.5, 0.6) is 0 Å². The molecule has 16 heavy (non-hydrogen) atoms.